The molecule has 17 heavy (non-hydrogen) atoms. The molecule has 0 aliphatic carbocycles. The second kappa shape index (κ2) is 4.44. The second-order valence-electron chi connectivity index (χ2n) is 4.19. The summed E-state index contributed by atoms with van der Waals surface area (Å²) in [5.41, 5.74) is 5.25. The van der Waals surface area contributed by atoms with E-state index in [9.17, 15) is 9.59 Å². The lowest BCUT2D eigenvalue weighted by Crippen LogP contribution is -2.33. The first kappa shape index (κ1) is 12.0. The molecule has 1 aromatic rings. The summed E-state index contributed by atoms with van der Waals surface area (Å²) in [6, 6.07) is -0.316. The number of aryl methyl sites for hydroxylation is 1. The molecule has 2 heterocycles. The van der Waals surface area contributed by atoms with Gasteiger partial charge in [-0.2, -0.15) is 0 Å². The third-order valence-electron chi connectivity index (χ3n) is 2.92. The molecule has 7 heteroatoms. The molecule has 2 rings (SSSR count). The van der Waals surface area contributed by atoms with Gasteiger partial charge in [0.25, 0.3) is 5.56 Å². The summed E-state index contributed by atoms with van der Waals surface area (Å²) in [5.74, 6) is 0. The number of nitrogens with one attached hydrogen (secondary N) is 1. The maximum atomic E-state index is 11.6. The van der Waals surface area contributed by atoms with Gasteiger partial charge in [0.05, 0.1) is 12.7 Å². The third kappa shape index (κ3) is 2.17. The molecule has 0 saturated carbocycles. The van der Waals surface area contributed by atoms with E-state index in [0.29, 0.717) is 12.0 Å². The van der Waals surface area contributed by atoms with Gasteiger partial charge >= 0.3 is 5.69 Å². The number of ether oxygens (including phenoxy) is 1. The summed E-state index contributed by atoms with van der Waals surface area (Å²) in [6.07, 6.45) is 0.860. The Morgan fingerprint density at radius 1 is 1.65 bits per heavy atom. The van der Waals surface area contributed by atoms with Gasteiger partial charge in [-0.1, -0.05) is 0 Å². The van der Waals surface area contributed by atoms with E-state index in [1.54, 1.807) is 6.92 Å². The molecule has 1 saturated heterocycles. The summed E-state index contributed by atoms with van der Waals surface area (Å²) in [7, 11) is 0. The van der Waals surface area contributed by atoms with Crippen LogP contribution in [0.15, 0.2) is 15.8 Å². The molecule has 1 fully saturated rings. The van der Waals surface area contributed by atoms with E-state index < -0.39 is 23.6 Å². The van der Waals surface area contributed by atoms with Gasteiger partial charge in [0.1, 0.15) is 6.23 Å². The van der Waals surface area contributed by atoms with Crippen molar-refractivity contribution in [2.75, 3.05) is 6.61 Å². The highest BCUT2D eigenvalue weighted by Gasteiger charge is 2.33. The summed E-state index contributed by atoms with van der Waals surface area (Å²) >= 11 is 0. The molecule has 4 N–H and O–H groups in total. The molecule has 0 radical (unpaired) electrons. The predicted molar refractivity (Wildman–Crippen MR) is 59.6 cm³/mol. The lowest BCUT2D eigenvalue weighted by atomic mass is 10.1. The zero-order valence-corrected chi connectivity index (χ0v) is 9.42. The van der Waals surface area contributed by atoms with Crippen LogP contribution in [0.1, 0.15) is 18.2 Å². The van der Waals surface area contributed by atoms with Crippen molar-refractivity contribution in [1.29, 1.82) is 0 Å². The third-order valence-corrected chi connectivity index (χ3v) is 2.92. The number of aliphatic hydroxyl groups is 1. The Kier molecular flexibility index (Phi) is 3.14. The number of rotatable bonds is 2. The van der Waals surface area contributed by atoms with Crippen LogP contribution in [0, 0.1) is 6.92 Å². The Labute approximate surface area is 96.8 Å². The molecule has 7 nitrogen and oxygen atoms in total. The quantitative estimate of drug-likeness (QED) is 0.580. The Hall–Kier alpha value is -1.44. The monoisotopic (exact) mass is 241 g/mol. The van der Waals surface area contributed by atoms with Gasteiger partial charge < -0.3 is 15.6 Å². The standard InChI is InChI=1S/C10H15N3O4/c1-5-3-13(10(16)12-9(5)15)8-2-6(11)7(4-14)17-8/h3,6-8,14H,2,4,11H2,1H3,(H,12,15,16)/t6?,7-,8-/m0/s1. The van der Waals surface area contributed by atoms with Gasteiger partial charge in [-0.25, -0.2) is 4.79 Å². The first-order chi connectivity index (χ1) is 8.02. The number of nitrogens with zero attached hydrogens (tertiary/aromatic N) is 1. The van der Waals surface area contributed by atoms with Crippen LogP contribution in [0.2, 0.25) is 0 Å². The number of hydrogen-bond donors (Lipinski definition) is 3. The van der Waals surface area contributed by atoms with Crippen molar-refractivity contribution in [2.45, 2.75) is 31.7 Å². The summed E-state index contributed by atoms with van der Waals surface area (Å²) < 4.78 is 6.75. The van der Waals surface area contributed by atoms with E-state index in [0.717, 1.165) is 0 Å². The minimum absolute atomic E-state index is 0.186. The van der Waals surface area contributed by atoms with E-state index in [2.05, 4.69) is 4.98 Å². The Balaban J connectivity index is 2.34. The van der Waals surface area contributed by atoms with Gasteiger partial charge in [0.2, 0.25) is 0 Å². The Morgan fingerprint density at radius 3 is 2.94 bits per heavy atom. The molecule has 0 aromatic carbocycles. The van der Waals surface area contributed by atoms with E-state index in [-0.39, 0.29) is 12.6 Å². The zero-order valence-electron chi connectivity index (χ0n) is 9.42. The maximum absolute atomic E-state index is 11.6. The fourth-order valence-corrected chi connectivity index (χ4v) is 1.90. The highest BCUT2D eigenvalue weighted by atomic mass is 16.5. The van der Waals surface area contributed by atoms with Crippen LogP contribution in [0.5, 0.6) is 0 Å². The highest BCUT2D eigenvalue weighted by molar-refractivity contribution is 5.02. The average molecular weight is 241 g/mol. The van der Waals surface area contributed by atoms with Crippen LogP contribution in [-0.4, -0.2) is 33.4 Å². The normalized spacial score (nSPS) is 28.5. The largest absolute Gasteiger partial charge is 0.394 e. The molecule has 1 aliphatic heterocycles. The number of nitrogens with two attached hydrogens (primary N) is 1. The van der Waals surface area contributed by atoms with Gasteiger partial charge in [0.15, 0.2) is 0 Å². The Bertz CT molecular complexity index is 521. The summed E-state index contributed by atoms with van der Waals surface area (Å²) in [5, 5.41) is 9.02. The smallest absolute Gasteiger partial charge is 0.330 e. The van der Waals surface area contributed by atoms with Crippen LogP contribution in [-0.2, 0) is 4.74 Å². The van der Waals surface area contributed by atoms with E-state index >= 15 is 0 Å². The first-order valence-corrected chi connectivity index (χ1v) is 5.37. The van der Waals surface area contributed by atoms with Crippen LogP contribution in [0.3, 0.4) is 0 Å². The fourth-order valence-electron chi connectivity index (χ4n) is 1.90. The van der Waals surface area contributed by atoms with Crippen LogP contribution in [0.4, 0.5) is 0 Å². The molecular weight excluding hydrogens is 226 g/mol. The SMILES string of the molecule is Cc1cn([C@@H]2CC(N)[C@H](CO)O2)c(=O)[nH]c1=O. The summed E-state index contributed by atoms with van der Waals surface area (Å²) in [6.45, 7) is 1.42. The molecule has 0 bridgehead atoms. The first-order valence-electron chi connectivity index (χ1n) is 5.37. The van der Waals surface area contributed by atoms with E-state index in [1.165, 1.54) is 10.8 Å². The molecule has 1 unspecified atom stereocenters. The number of H-pyrrole nitrogens is 1. The van der Waals surface area contributed by atoms with Crippen molar-refractivity contribution < 1.29 is 9.84 Å². The highest BCUT2D eigenvalue weighted by Crippen LogP contribution is 2.25. The molecule has 1 aromatic heterocycles. The predicted octanol–water partition coefficient (Wildman–Crippen LogP) is -1.55. The molecule has 1 aliphatic rings. The summed E-state index contributed by atoms with van der Waals surface area (Å²) in [4.78, 5) is 25.0. The van der Waals surface area contributed by atoms with Gasteiger partial charge in [-0.3, -0.25) is 14.3 Å². The van der Waals surface area contributed by atoms with Crippen LogP contribution < -0.4 is 17.0 Å². The Morgan fingerprint density at radius 2 is 2.35 bits per heavy atom. The number of hydrogen-bond acceptors (Lipinski definition) is 5. The van der Waals surface area contributed by atoms with Gasteiger partial charge in [-0.15, -0.1) is 0 Å². The maximum Gasteiger partial charge on any atom is 0.330 e. The molecule has 0 amide bonds. The molecule has 3 atom stereocenters. The lowest BCUT2D eigenvalue weighted by molar-refractivity contribution is -0.0271. The van der Waals surface area contributed by atoms with Crippen molar-refractivity contribution in [2.24, 2.45) is 5.73 Å². The van der Waals surface area contributed by atoms with Crippen molar-refractivity contribution in [1.82, 2.24) is 9.55 Å². The van der Waals surface area contributed by atoms with Crippen LogP contribution >= 0.6 is 0 Å². The fraction of sp³-hybridized carbons (Fsp3) is 0.600. The lowest BCUT2D eigenvalue weighted by Gasteiger charge is -2.14. The average Bonchev–Trinajstić information content (AvgIpc) is 2.65. The van der Waals surface area contributed by atoms with Crippen molar-refractivity contribution in [3.63, 3.8) is 0 Å². The second-order valence-corrected chi connectivity index (χ2v) is 4.19. The van der Waals surface area contributed by atoms with E-state index in [4.69, 9.17) is 15.6 Å². The van der Waals surface area contributed by atoms with Gasteiger partial charge in [-0.05, 0) is 6.92 Å². The van der Waals surface area contributed by atoms with Crippen molar-refractivity contribution in [3.05, 3.63) is 32.6 Å². The molecule has 0 spiro atoms. The molecule has 94 valence electrons. The van der Waals surface area contributed by atoms with Gasteiger partial charge in [0, 0.05) is 24.2 Å². The van der Waals surface area contributed by atoms with Crippen molar-refractivity contribution >= 4 is 0 Å². The zero-order chi connectivity index (χ0) is 12.6. The van der Waals surface area contributed by atoms with E-state index in [1.807, 2.05) is 0 Å². The minimum Gasteiger partial charge on any atom is -0.394 e. The van der Waals surface area contributed by atoms with Crippen molar-refractivity contribution in [3.8, 4) is 0 Å². The van der Waals surface area contributed by atoms with Crippen LogP contribution in [0.25, 0.3) is 0 Å². The topological polar surface area (TPSA) is 110 Å². The number of aromatic nitrogens is 2. The minimum atomic E-state index is -0.537. The number of aromatic amines is 1. The number of aliphatic hydroxyl groups excluding tert-OH is 1. The molecular formula is C10H15N3O4.